The minimum atomic E-state index is -0.793. The van der Waals surface area contributed by atoms with Gasteiger partial charge in [0.1, 0.15) is 22.5 Å². The van der Waals surface area contributed by atoms with Crippen molar-refractivity contribution in [1.29, 1.82) is 0 Å². The summed E-state index contributed by atoms with van der Waals surface area (Å²) in [5.41, 5.74) is 0.676. The minimum absolute atomic E-state index is 0.0353. The van der Waals surface area contributed by atoms with Gasteiger partial charge in [0.2, 0.25) is 5.75 Å². The Labute approximate surface area is 204 Å². The number of ether oxygens (including phenoxy) is 3. The van der Waals surface area contributed by atoms with E-state index in [-0.39, 0.29) is 46.8 Å². The Morgan fingerprint density at radius 2 is 1.75 bits per heavy atom. The molecule has 9 heteroatoms. The second-order valence-electron chi connectivity index (χ2n) is 8.12. The summed E-state index contributed by atoms with van der Waals surface area (Å²) < 4.78 is 21.7. The Morgan fingerprint density at radius 1 is 1.03 bits per heavy atom. The van der Waals surface area contributed by atoms with Crippen molar-refractivity contribution < 1.29 is 38.4 Å². The lowest BCUT2D eigenvalue weighted by atomic mass is 9.84. The van der Waals surface area contributed by atoms with Gasteiger partial charge in [-0.3, -0.25) is 9.59 Å². The maximum Gasteiger partial charge on any atom is 0.343 e. The molecule has 0 bridgehead atoms. The fourth-order valence-electron chi connectivity index (χ4n) is 4.31. The molecule has 0 spiro atoms. The fraction of sp³-hybridized carbons (Fsp3) is 0.148. The van der Waals surface area contributed by atoms with Crippen molar-refractivity contribution in [2.45, 2.75) is 12.3 Å². The SMILES string of the molecule is COC(=O)COc1ccccc1[C@@H]1CC(=O)Oc2c(O)c(O)c3c(=O)cc(-c4ccccc4)oc3c21. The number of carbonyl (C=O) groups excluding carboxylic acids is 2. The van der Waals surface area contributed by atoms with Gasteiger partial charge in [-0.25, -0.2) is 4.79 Å². The van der Waals surface area contributed by atoms with Gasteiger partial charge in [0.15, 0.2) is 23.5 Å². The Bertz CT molecular complexity index is 1550. The minimum Gasteiger partial charge on any atom is -0.504 e. The van der Waals surface area contributed by atoms with Crippen LogP contribution in [0.25, 0.3) is 22.3 Å². The van der Waals surface area contributed by atoms with E-state index in [0.29, 0.717) is 11.1 Å². The molecule has 1 atom stereocenters. The third-order valence-corrected chi connectivity index (χ3v) is 5.97. The Balaban J connectivity index is 1.78. The predicted molar refractivity (Wildman–Crippen MR) is 127 cm³/mol. The van der Waals surface area contributed by atoms with Crippen LogP contribution in [-0.4, -0.2) is 35.9 Å². The van der Waals surface area contributed by atoms with Gasteiger partial charge in [-0.1, -0.05) is 48.5 Å². The number of carbonyl (C=O) groups is 2. The molecule has 2 heterocycles. The van der Waals surface area contributed by atoms with Crippen LogP contribution >= 0.6 is 0 Å². The highest BCUT2D eigenvalue weighted by atomic mass is 16.6. The number of phenols is 2. The first kappa shape index (κ1) is 23.0. The van der Waals surface area contributed by atoms with E-state index in [4.69, 9.17) is 13.9 Å². The lowest BCUT2D eigenvalue weighted by molar-refractivity contribution is -0.143. The number of fused-ring (bicyclic) bond motifs is 3. The zero-order valence-electron chi connectivity index (χ0n) is 19.0. The van der Waals surface area contributed by atoms with Gasteiger partial charge >= 0.3 is 11.9 Å². The molecular formula is C27H20O9. The fourth-order valence-corrected chi connectivity index (χ4v) is 4.31. The number of esters is 2. The lowest BCUT2D eigenvalue weighted by Gasteiger charge is -2.27. The largest absolute Gasteiger partial charge is 0.504 e. The molecular weight excluding hydrogens is 468 g/mol. The monoisotopic (exact) mass is 488 g/mol. The van der Waals surface area contributed by atoms with Crippen molar-refractivity contribution in [1.82, 2.24) is 0 Å². The molecule has 0 aliphatic carbocycles. The zero-order chi connectivity index (χ0) is 25.4. The number of aromatic hydroxyl groups is 2. The molecule has 9 nitrogen and oxygen atoms in total. The third-order valence-electron chi connectivity index (χ3n) is 5.97. The van der Waals surface area contributed by atoms with Crippen LogP contribution in [0.3, 0.4) is 0 Å². The van der Waals surface area contributed by atoms with Crippen molar-refractivity contribution >= 4 is 22.9 Å². The van der Waals surface area contributed by atoms with E-state index in [9.17, 15) is 24.6 Å². The quantitative estimate of drug-likeness (QED) is 0.244. The summed E-state index contributed by atoms with van der Waals surface area (Å²) in [5.74, 6) is -3.35. The predicted octanol–water partition coefficient (Wildman–Crippen LogP) is 3.86. The number of rotatable bonds is 5. The van der Waals surface area contributed by atoms with Crippen molar-refractivity contribution in [2.24, 2.45) is 0 Å². The van der Waals surface area contributed by atoms with E-state index in [0.717, 1.165) is 0 Å². The Kier molecular flexibility index (Phi) is 5.81. The van der Waals surface area contributed by atoms with Crippen LogP contribution in [-0.2, 0) is 14.3 Å². The van der Waals surface area contributed by atoms with Crippen LogP contribution in [0.4, 0.5) is 0 Å². The standard InChI is InChI=1S/C27H20O9/c1-33-21(30)13-34-18-10-6-5-9-15(18)16-11-20(29)36-27-22(16)26-23(24(31)25(27)32)17(28)12-19(35-26)14-7-3-2-4-8-14/h2-10,12,16,31-32H,11,13H2,1H3/t16-/m0/s1. The number of hydrogen-bond donors (Lipinski definition) is 2. The number of benzene rings is 3. The smallest absolute Gasteiger partial charge is 0.343 e. The Morgan fingerprint density at radius 3 is 2.50 bits per heavy atom. The molecule has 2 N–H and O–H groups in total. The van der Waals surface area contributed by atoms with Crippen molar-refractivity contribution in [3.05, 3.63) is 82.0 Å². The average molecular weight is 488 g/mol. The second kappa shape index (κ2) is 9.10. The number of methoxy groups -OCH3 is 1. The molecule has 36 heavy (non-hydrogen) atoms. The number of hydrogen-bond acceptors (Lipinski definition) is 9. The van der Waals surface area contributed by atoms with Crippen LogP contribution in [0.5, 0.6) is 23.0 Å². The van der Waals surface area contributed by atoms with Crippen LogP contribution in [0, 0.1) is 0 Å². The normalized spacial score (nSPS) is 14.7. The first-order valence-electron chi connectivity index (χ1n) is 11.0. The lowest BCUT2D eigenvalue weighted by Crippen LogP contribution is -2.23. The summed E-state index contributed by atoms with van der Waals surface area (Å²) in [6, 6.07) is 16.8. The summed E-state index contributed by atoms with van der Waals surface area (Å²) in [5, 5.41) is 21.1. The number of phenolic OH excluding ortho intramolecular Hbond substituents is 2. The summed E-state index contributed by atoms with van der Waals surface area (Å²) in [7, 11) is 1.23. The van der Waals surface area contributed by atoms with E-state index in [1.807, 2.05) is 6.07 Å². The first-order valence-corrected chi connectivity index (χ1v) is 11.0. The molecule has 0 fully saturated rings. The van der Waals surface area contributed by atoms with E-state index >= 15 is 0 Å². The van der Waals surface area contributed by atoms with Crippen molar-refractivity contribution in [3.8, 4) is 34.3 Å². The van der Waals surface area contributed by atoms with E-state index in [1.165, 1.54) is 13.2 Å². The summed E-state index contributed by atoms with van der Waals surface area (Å²) in [4.78, 5) is 37.3. The highest BCUT2D eigenvalue weighted by Crippen LogP contribution is 2.53. The summed E-state index contributed by atoms with van der Waals surface area (Å²) in [6.07, 6.45) is -0.176. The van der Waals surface area contributed by atoms with Gasteiger partial charge in [-0.2, -0.15) is 0 Å². The topological polar surface area (TPSA) is 132 Å². The van der Waals surface area contributed by atoms with Crippen LogP contribution in [0.1, 0.15) is 23.5 Å². The molecule has 0 saturated heterocycles. The first-order chi connectivity index (χ1) is 17.4. The van der Waals surface area contributed by atoms with E-state index in [2.05, 4.69) is 4.74 Å². The highest BCUT2D eigenvalue weighted by Gasteiger charge is 2.38. The average Bonchev–Trinajstić information content (AvgIpc) is 2.90. The summed E-state index contributed by atoms with van der Waals surface area (Å²) in [6.45, 7) is -0.369. The van der Waals surface area contributed by atoms with Gasteiger partial charge in [0, 0.05) is 23.1 Å². The molecule has 1 aliphatic heterocycles. The molecule has 1 aliphatic rings. The molecule has 3 aromatic carbocycles. The Hall–Kier alpha value is -4.79. The van der Waals surface area contributed by atoms with Gasteiger partial charge in [-0.15, -0.1) is 0 Å². The molecule has 0 saturated carbocycles. The van der Waals surface area contributed by atoms with E-state index < -0.39 is 34.8 Å². The van der Waals surface area contributed by atoms with Crippen LogP contribution in [0.15, 0.2) is 69.9 Å². The maximum absolute atomic E-state index is 13.1. The molecule has 1 aromatic heterocycles. The highest BCUT2D eigenvalue weighted by molar-refractivity contribution is 5.96. The van der Waals surface area contributed by atoms with Crippen LogP contribution in [0.2, 0.25) is 0 Å². The molecule has 0 amide bonds. The zero-order valence-corrected chi connectivity index (χ0v) is 19.0. The van der Waals surface area contributed by atoms with Crippen molar-refractivity contribution in [2.75, 3.05) is 13.7 Å². The molecule has 4 aromatic rings. The molecule has 0 unspecified atom stereocenters. The number of para-hydroxylation sites is 1. The van der Waals surface area contributed by atoms with Gasteiger partial charge < -0.3 is 28.8 Å². The van der Waals surface area contributed by atoms with Gasteiger partial charge in [0.05, 0.1) is 19.1 Å². The molecule has 182 valence electrons. The van der Waals surface area contributed by atoms with E-state index in [1.54, 1.807) is 48.5 Å². The van der Waals surface area contributed by atoms with Crippen molar-refractivity contribution in [3.63, 3.8) is 0 Å². The van der Waals surface area contributed by atoms with Gasteiger partial charge in [-0.05, 0) is 6.07 Å². The van der Waals surface area contributed by atoms with Gasteiger partial charge in [0.25, 0.3) is 0 Å². The molecule has 5 rings (SSSR count). The molecule has 0 radical (unpaired) electrons. The summed E-state index contributed by atoms with van der Waals surface area (Å²) >= 11 is 0. The maximum atomic E-state index is 13.1. The third kappa shape index (κ3) is 3.90. The second-order valence-corrected chi connectivity index (χ2v) is 8.12. The van der Waals surface area contributed by atoms with Crippen LogP contribution < -0.4 is 14.9 Å².